The number of rotatable bonds is 6. The van der Waals surface area contributed by atoms with E-state index in [1.807, 2.05) is 55.5 Å². The lowest BCUT2D eigenvalue weighted by molar-refractivity contribution is -0.135. The quantitative estimate of drug-likeness (QED) is 0.350. The largest absolute Gasteiger partial charge is 0.494 e. The normalized spacial score (nSPS) is 25.8. The van der Waals surface area contributed by atoms with Gasteiger partial charge in [-0.1, -0.05) is 36.4 Å². The van der Waals surface area contributed by atoms with Crippen LogP contribution < -0.4 is 20.7 Å². The number of hydrogen-bond donors (Lipinski definition) is 4. The summed E-state index contributed by atoms with van der Waals surface area (Å²) in [6.45, 7) is 4.71. The Morgan fingerprint density at radius 3 is 2.65 bits per heavy atom. The molecule has 3 atom stereocenters. The van der Waals surface area contributed by atoms with Crippen LogP contribution in [0.25, 0.3) is 0 Å². The summed E-state index contributed by atoms with van der Waals surface area (Å²) >= 11 is 0. The van der Waals surface area contributed by atoms with Gasteiger partial charge in [-0.05, 0) is 99.7 Å². The molecular formula is C37H47N5O6. The van der Waals surface area contributed by atoms with Gasteiger partial charge in [-0.25, -0.2) is 0 Å². The minimum Gasteiger partial charge on any atom is -0.494 e. The van der Waals surface area contributed by atoms with Crippen molar-refractivity contribution in [3.8, 4) is 5.75 Å². The number of amides is 4. The number of aryl methyl sites for hydroxylation is 2. The van der Waals surface area contributed by atoms with Crippen molar-refractivity contribution in [3.05, 3.63) is 77.0 Å². The van der Waals surface area contributed by atoms with Gasteiger partial charge in [0.1, 0.15) is 17.5 Å². The van der Waals surface area contributed by atoms with Crippen LogP contribution in [0, 0.1) is 18.3 Å². The summed E-state index contributed by atoms with van der Waals surface area (Å²) in [6.07, 6.45) is 5.68. The molecule has 6 rings (SSSR count). The fourth-order valence-electron chi connectivity index (χ4n) is 7.24. The Labute approximate surface area is 282 Å². The topological polar surface area (TPSA) is 140 Å². The molecule has 0 saturated carbocycles. The second-order valence-corrected chi connectivity index (χ2v) is 13.7. The molecule has 3 saturated heterocycles. The van der Waals surface area contributed by atoms with E-state index in [1.54, 1.807) is 9.80 Å². The maximum absolute atomic E-state index is 14.1. The molecule has 11 heteroatoms. The number of aliphatic hydroxyl groups is 1. The van der Waals surface area contributed by atoms with Crippen molar-refractivity contribution in [1.82, 2.24) is 25.8 Å². The molecule has 0 spiro atoms. The molecule has 4 aliphatic rings. The van der Waals surface area contributed by atoms with Gasteiger partial charge in [-0.2, -0.15) is 0 Å². The molecule has 4 heterocycles. The van der Waals surface area contributed by atoms with E-state index in [0.29, 0.717) is 65.0 Å². The highest BCUT2D eigenvalue weighted by Gasteiger charge is 2.51. The molecule has 48 heavy (non-hydrogen) atoms. The van der Waals surface area contributed by atoms with Crippen LogP contribution in [0.15, 0.2) is 60.3 Å². The number of nitrogens with one attached hydrogen (secondary N) is 3. The third kappa shape index (κ3) is 7.73. The number of piperidine rings is 2. The number of fused-ring (bicyclic) bond motifs is 5. The highest BCUT2D eigenvalue weighted by Crippen LogP contribution is 2.32. The Morgan fingerprint density at radius 1 is 1.08 bits per heavy atom. The first-order valence-electron chi connectivity index (χ1n) is 17.3. The van der Waals surface area contributed by atoms with Crippen LogP contribution in [0.2, 0.25) is 0 Å². The molecule has 2 aromatic carbocycles. The van der Waals surface area contributed by atoms with E-state index >= 15 is 0 Å². The lowest BCUT2D eigenvalue weighted by Crippen LogP contribution is -2.52. The molecule has 11 nitrogen and oxygen atoms in total. The van der Waals surface area contributed by atoms with E-state index in [0.717, 1.165) is 41.7 Å². The predicted molar refractivity (Wildman–Crippen MR) is 179 cm³/mol. The average molecular weight is 658 g/mol. The minimum atomic E-state index is -1.07. The van der Waals surface area contributed by atoms with Crippen LogP contribution in [0.3, 0.4) is 0 Å². The maximum atomic E-state index is 14.1. The molecule has 2 unspecified atom stereocenters. The zero-order valence-electron chi connectivity index (χ0n) is 27.7. The minimum absolute atomic E-state index is 0.0727. The summed E-state index contributed by atoms with van der Waals surface area (Å²) < 4.78 is 6.15. The predicted octanol–water partition coefficient (Wildman–Crippen LogP) is 2.21. The lowest BCUT2D eigenvalue weighted by atomic mass is 9.78. The smallest absolute Gasteiger partial charge is 0.268 e. The van der Waals surface area contributed by atoms with Gasteiger partial charge in [0, 0.05) is 25.7 Å². The summed E-state index contributed by atoms with van der Waals surface area (Å²) in [4.78, 5) is 58.4. The summed E-state index contributed by atoms with van der Waals surface area (Å²) in [5, 5.41) is 19.3. The zero-order valence-corrected chi connectivity index (χ0v) is 27.7. The second-order valence-electron chi connectivity index (χ2n) is 13.7. The van der Waals surface area contributed by atoms with Crippen molar-refractivity contribution in [3.63, 3.8) is 0 Å². The van der Waals surface area contributed by atoms with Gasteiger partial charge < -0.3 is 35.6 Å². The van der Waals surface area contributed by atoms with Crippen molar-refractivity contribution >= 4 is 23.6 Å². The van der Waals surface area contributed by atoms with Crippen LogP contribution in [-0.4, -0.2) is 90.0 Å². The van der Waals surface area contributed by atoms with Crippen molar-refractivity contribution < 1.29 is 29.0 Å². The van der Waals surface area contributed by atoms with Gasteiger partial charge in [0.05, 0.1) is 24.7 Å². The standard InChI is InChI=1S/C37H47N5O6/c1-25-9-11-29-20-28(25)23-42-33(35(42)46)30(12-10-26-6-3-2-4-7-26)39-34(45)31(40-36(47)37(24-43)14-16-38-17-15-37)21-32(44)41-18-5-8-27(22-41)13-19-48-29/h2-4,6-7,9,11,20-21,27,30,33,38,43H,5,8,10,12-19,22-24H2,1H3,(H,39,45)(H,40,47)/b31-21-/t27?,30-,33?,42?/m0/s1. The molecule has 2 aromatic rings. The lowest BCUT2D eigenvalue weighted by Gasteiger charge is -2.35. The number of ether oxygens (including phenoxy) is 1. The SMILES string of the molecule is Cc1ccc2cc1CN1C(=O)C1[C@H](CCc1ccccc1)NC(=O)/C(NC(=O)C1(CO)CCNCC1)=C/C(=O)N1CCCC(CCO2)C1. The fourth-order valence-corrected chi connectivity index (χ4v) is 7.24. The van der Waals surface area contributed by atoms with Gasteiger partial charge in [0.15, 0.2) is 0 Å². The molecule has 4 N–H and O–H groups in total. The Hall–Kier alpha value is -4.22. The van der Waals surface area contributed by atoms with Crippen LogP contribution in [0.4, 0.5) is 0 Å². The summed E-state index contributed by atoms with van der Waals surface area (Å²) in [5.74, 6) is -0.565. The van der Waals surface area contributed by atoms with E-state index < -0.39 is 29.3 Å². The van der Waals surface area contributed by atoms with E-state index in [1.165, 1.54) is 6.08 Å². The zero-order chi connectivity index (χ0) is 33.7. The van der Waals surface area contributed by atoms with E-state index in [4.69, 9.17) is 4.74 Å². The molecular weight excluding hydrogens is 610 g/mol. The van der Waals surface area contributed by atoms with E-state index in [9.17, 15) is 24.3 Å². The van der Waals surface area contributed by atoms with Crippen LogP contribution in [-0.2, 0) is 32.1 Å². The number of carbonyl (C=O) groups is 4. The van der Waals surface area contributed by atoms with Gasteiger partial charge in [-0.15, -0.1) is 0 Å². The van der Waals surface area contributed by atoms with Gasteiger partial charge in [-0.3, -0.25) is 19.2 Å². The molecule has 0 radical (unpaired) electrons. The first-order valence-corrected chi connectivity index (χ1v) is 17.3. The first-order chi connectivity index (χ1) is 23.3. The number of benzene rings is 2. The van der Waals surface area contributed by atoms with Gasteiger partial charge >= 0.3 is 0 Å². The van der Waals surface area contributed by atoms with Crippen LogP contribution in [0.1, 0.15) is 55.2 Å². The summed E-state index contributed by atoms with van der Waals surface area (Å²) in [5.41, 5.74) is 1.86. The van der Waals surface area contributed by atoms with Crippen LogP contribution in [0.5, 0.6) is 5.75 Å². The maximum Gasteiger partial charge on any atom is 0.268 e. The van der Waals surface area contributed by atoms with Crippen LogP contribution >= 0.6 is 0 Å². The van der Waals surface area contributed by atoms with Gasteiger partial charge in [0.2, 0.25) is 17.7 Å². The Balaban J connectivity index is 1.32. The molecule has 0 aromatic heterocycles. The number of aliphatic hydroxyl groups excluding tert-OH is 1. The third-order valence-corrected chi connectivity index (χ3v) is 10.5. The Kier molecular flexibility index (Phi) is 10.5. The number of carbonyl (C=O) groups excluding carboxylic acids is 4. The summed E-state index contributed by atoms with van der Waals surface area (Å²) in [6, 6.07) is 14.7. The fraction of sp³-hybridized carbons (Fsp3) is 0.514. The third-order valence-electron chi connectivity index (χ3n) is 10.5. The van der Waals surface area contributed by atoms with Crippen molar-refractivity contribution in [2.75, 3.05) is 39.4 Å². The second kappa shape index (κ2) is 14.9. The monoisotopic (exact) mass is 657 g/mol. The van der Waals surface area contributed by atoms with Crippen molar-refractivity contribution in [2.45, 2.75) is 70.5 Å². The van der Waals surface area contributed by atoms with E-state index in [-0.39, 0.29) is 30.0 Å². The molecule has 4 aliphatic heterocycles. The Bertz CT molecular complexity index is 1540. The number of nitrogens with zero attached hydrogens (tertiary/aromatic N) is 2. The van der Waals surface area contributed by atoms with E-state index in [2.05, 4.69) is 16.0 Å². The van der Waals surface area contributed by atoms with Crippen molar-refractivity contribution in [2.24, 2.45) is 11.3 Å². The summed E-state index contributed by atoms with van der Waals surface area (Å²) in [7, 11) is 0. The highest BCUT2D eigenvalue weighted by molar-refractivity contribution is 6.05. The molecule has 4 amide bonds. The van der Waals surface area contributed by atoms with Gasteiger partial charge in [0.25, 0.3) is 5.91 Å². The van der Waals surface area contributed by atoms with Crippen molar-refractivity contribution in [1.29, 1.82) is 0 Å². The molecule has 0 aliphatic carbocycles. The first kappa shape index (κ1) is 33.7. The Morgan fingerprint density at radius 2 is 1.88 bits per heavy atom. The highest BCUT2D eigenvalue weighted by atomic mass is 16.5. The number of hydrogen-bond acceptors (Lipinski definition) is 7. The molecule has 4 bridgehead atoms. The average Bonchev–Trinajstić information content (AvgIpc) is 3.75. The molecule has 3 fully saturated rings. The molecule has 256 valence electrons.